The Balaban J connectivity index is 1.67. The van der Waals surface area contributed by atoms with Gasteiger partial charge in [-0.15, -0.1) is 0 Å². The Bertz CT molecular complexity index is 1300. The molecule has 4 aromatic rings. The van der Waals surface area contributed by atoms with Crippen LogP contribution in [0.1, 0.15) is 23.0 Å². The van der Waals surface area contributed by atoms with Crippen LogP contribution >= 0.6 is 0 Å². The van der Waals surface area contributed by atoms with Crippen LogP contribution in [0.2, 0.25) is 0 Å². The van der Waals surface area contributed by atoms with Gasteiger partial charge in [-0.2, -0.15) is 0 Å². The summed E-state index contributed by atoms with van der Waals surface area (Å²) in [6.07, 6.45) is 1.20. The zero-order valence-electron chi connectivity index (χ0n) is 19.1. The summed E-state index contributed by atoms with van der Waals surface area (Å²) in [6, 6.07) is 31.3. The number of amides is 1. The van der Waals surface area contributed by atoms with Crippen molar-refractivity contribution < 1.29 is 4.79 Å². The zero-order valence-corrected chi connectivity index (χ0v) is 19.1. The molecule has 6 heteroatoms. The van der Waals surface area contributed by atoms with E-state index in [0.717, 1.165) is 33.9 Å². The number of rotatable bonds is 4. The Morgan fingerprint density at radius 3 is 2.03 bits per heavy atom. The highest BCUT2D eigenvalue weighted by Crippen LogP contribution is 2.35. The number of amidine groups is 1. The van der Waals surface area contributed by atoms with Gasteiger partial charge in [0.2, 0.25) is 0 Å². The smallest absolute Gasteiger partial charge is 0.312 e. The molecule has 1 N–H and O–H groups in total. The molecular formula is C28H25N5O. The summed E-state index contributed by atoms with van der Waals surface area (Å²) in [5.74, 6) is 0.00715. The van der Waals surface area contributed by atoms with E-state index in [1.165, 1.54) is 0 Å². The van der Waals surface area contributed by atoms with Crippen molar-refractivity contribution in [2.75, 3.05) is 15.3 Å². The molecular weight excluding hydrogens is 422 g/mol. The Kier molecular flexibility index (Phi) is 5.79. The number of aromatic nitrogens is 1. The monoisotopic (exact) mass is 447 g/mol. The average Bonchev–Trinajstić information content (AvgIpc) is 2.88. The van der Waals surface area contributed by atoms with Crippen molar-refractivity contribution in [1.82, 2.24) is 4.98 Å². The van der Waals surface area contributed by atoms with Crippen molar-refractivity contribution in [3.63, 3.8) is 0 Å². The van der Waals surface area contributed by atoms with Gasteiger partial charge in [0.15, 0.2) is 12.0 Å². The lowest BCUT2D eigenvalue weighted by Gasteiger charge is -2.43. The van der Waals surface area contributed by atoms with Gasteiger partial charge in [-0.1, -0.05) is 59.7 Å². The minimum atomic E-state index is -0.546. The fourth-order valence-corrected chi connectivity index (χ4v) is 3.88. The molecule has 1 aromatic heterocycles. The maximum atomic E-state index is 13.9. The van der Waals surface area contributed by atoms with Crippen LogP contribution in [0.15, 0.2) is 108 Å². The first kappa shape index (κ1) is 21.4. The SMILES string of the molecule is Cc1ccc(NC2=NC(c3ccccn3)N(c3ccccc3)N(c3ccc(C)cc3)C2=O)cc1. The highest BCUT2D eigenvalue weighted by atomic mass is 16.2. The minimum absolute atomic E-state index is 0.250. The number of aryl methyl sites for hydroxylation is 2. The van der Waals surface area contributed by atoms with Crippen LogP contribution in [0.3, 0.4) is 0 Å². The highest BCUT2D eigenvalue weighted by molar-refractivity contribution is 6.47. The van der Waals surface area contributed by atoms with Crippen LogP contribution in [0, 0.1) is 13.8 Å². The normalized spacial score (nSPS) is 15.8. The Morgan fingerprint density at radius 2 is 1.38 bits per heavy atom. The molecule has 5 rings (SSSR count). The molecule has 0 bridgehead atoms. The van der Waals surface area contributed by atoms with Gasteiger partial charge in [-0.25, -0.2) is 15.0 Å². The average molecular weight is 448 g/mol. The van der Waals surface area contributed by atoms with Crippen LogP contribution in [0.25, 0.3) is 0 Å². The number of aliphatic imine (C=N–C) groups is 1. The van der Waals surface area contributed by atoms with Gasteiger partial charge in [0.25, 0.3) is 0 Å². The van der Waals surface area contributed by atoms with Crippen LogP contribution in [-0.2, 0) is 4.79 Å². The number of hydrogen-bond donors (Lipinski definition) is 1. The second-order valence-electron chi connectivity index (χ2n) is 8.23. The number of benzene rings is 3. The van der Waals surface area contributed by atoms with Crippen molar-refractivity contribution in [3.8, 4) is 0 Å². The number of carbonyl (C=O) groups excluding carboxylic acids is 1. The number of hydrazine groups is 1. The topological polar surface area (TPSA) is 60.8 Å². The van der Waals surface area contributed by atoms with E-state index in [2.05, 4.69) is 10.3 Å². The fourth-order valence-electron chi connectivity index (χ4n) is 3.88. The molecule has 168 valence electrons. The molecule has 0 spiro atoms. The van der Waals surface area contributed by atoms with Crippen LogP contribution < -0.4 is 15.3 Å². The Labute approximate surface area is 199 Å². The van der Waals surface area contributed by atoms with E-state index in [0.29, 0.717) is 0 Å². The summed E-state index contributed by atoms with van der Waals surface area (Å²) in [4.78, 5) is 23.4. The largest absolute Gasteiger partial charge is 0.336 e. The van der Waals surface area contributed by atoms with E-state index in [9.17, 15) is 4.79 Å². The number of nitrogens with zero attached hydrogens (tertiary/aromatic N) is 4. The third-order valence-electron chi connectivity index (χ3n) is 5.66. The summed E-state index contributed by atoms with van der Waals surface area (Å²) >= 11 is 0. The summed E-state index contributed by atoms with van der Waals surface area (Å²) in [5.41, 5.74) is 5.38. The third-order valence-corrected chi connectivity index (χ3v) is 5.66. The van der Waals surface area contributed by atoms with Crippen molar-refractivity contribution in [2.24, 2.45) is 4.99 Å². The predicted molar refractivity (Wildman–Crippen MR) is 137 cm³/mol. The van der Waals surface area contributed by atoms with Crippen molar-refractivity contribution >= 4 is 28.8 Å². The lowest BCUT2D eigenvalue weighted by Crippen LogP contribution is -2.56. The highest BCUT2D eigenvalue weighted by Gasteiger charge is 2.39. The number of hydrogen-bond acceptors (Lipinski definition) is 5. The molecule has 0 radical (unpaired) electrons. The first-order chi connectivity index (χ1) is 16.6. The second kappa shape index (κ2) is 9.19. The quantitative estimate of drug-likeness (QED) is 0.437. The Hall–Kier alpha value is -4.45. The maximum Gasteiger partial charge on any atom is 0.312 e. The lowest BCUT2D eigenvalue weighted by molar-refractivity contribution is -0.113. The molecule has 0 fully saturated rings. The molecule has 3 aromatic carbocycles. The maximum absolute atomic E-state index is 13.9. The molecule has 1 aliphatic rings. The van der Waals surface area contributed by atoms with Crippen LogP contribution in [0.4, 0.5) is 17.1 Å². The number of carbonyl (C=O) groups is 1. The third kappa shape index (κ3) is 4.26. The number of pyridine rings is 1. The van der Waals surface area contributed by atoms with Crippen LogP contribution in [0.5, 0.6) is 0 Å². The van der Waals surface area contributed by atoms with E-state index in [1.54, 1.807) is 11.2 Å². The molecule has 1 atom stereocenters. The second-order valence-corrected chi connectivity index (χ2v) is 8.23. The van der Waals surface area contributed by atoms with Gasteiger partial charge in [-0.05, 0) is 62.4 Å². The first-order valence-electron chi connectivity index (χ1n) is 11.2. The minimum Gasteiger partial charge on any atom is -0.336 e. The van der Waals surface area contributed by atoms with E-state index < -0.39 is 6.17 Å². The predicted octanol–water partition coefficient (Wildman–Crippen LogP) is 5.68. The molecule has 1 aliphatic heterocycles. The zero-order chi connectivity index (χ0) is 23.5. The van der Waals surface area contributed by atoms with Crippen LogP contribution in [-0.4, -0.2) is 16.7 Å². The summed E-state index contributed by atoms with van der Waals surface area (Å²) < 4.78 is 0. The molecule has 34 heavy (non-hydrogen) atoms. The fraction of sp³-hybridized carbons (Fsp3) is 0.107. The van der Waals surface area contributed by atoms with E-state index >= 15 is 0 Å². The summed E-state index contributed by atoms with van der Waals surface area (Å²) in [6.45, 7) is 4.06. The number of para-hydroxylation sites is 1. The summed E-state index contributed by atoms with van der Waals surface area (Å²) in [7, 11) is 0. The van der Waals surface area contributed by atoms with Gasteiger partial charge in [0, 0.05) is 11.9 Å². The molecule has 0 aliphatic carbocycles. The van der Waals surface area contributed by atoms with E-state index in [1.807, 2.05) is 116 Å². The molecule has 0 saturated heterocycles. The van der Waals surface area contributed by atoms with Crippen molar-refractivity contribution in [3.05, 3.63) is 120 Å². The number of anilines is 3. The molecule has 0 saturated carbocycles. The standard InChI is InChI=1S/C28H25N5O/c1-20-11-15-22(16-12-20)30-26-28(34)33(24-17-13-21(2)14-18-24)32(23-8-4-3-5-9-23)27(31-26)25-10-6-7-19-29-25/h3-19,27H,1-2H3,(H,30,31). The molecule has 1 unspecified atom stereocenters. The van der Waals surface area contributed by atoms with Gasteiger partial charge in [0.05, 0.1) is 17.1 Å². The van der Waals surface area contributed by atoms with Gasteiger partial charge >= 0.3 is 5.91 Å². The summed E-state index contributed by atoms with van der Waals surface area (Å²) in [5, 5.41) is 6.82. The van der Waals surface area contributed by atoms with Gasteiger partial charge in [-0.3, -0.25) is 9.78 Å². The van der Waals surface area contributed by atoms with E-state index in [4.69, 9.17) is 4.99 Å². The lowest BCUT2D eigenvalue weighted by atomic mass is 10.2. The van der Waals surface area contributed by atoms with Crippen molar-refractivity contribution in [1.29, 1.82) is 0 Å². The van der Waals surface area contributed by atoms with Crippen molar-refractivity contribution in [2.45, 2.75) is 20.0 Å². The first-order valence-corrected chi connectivity index (χ1v) is 11.2. The van der Waals surface area contributed by atoms with E-state index in [-0.39, 0.29) is 11.7 Å². The number of nitrogens with one attached hydrogen (secondary N) is 1. The van der Waals surface area contributed by atoms with Gasteiger partial charge in [0.1, 0.15) is 0 Å². The van der Waals surface area contributed by atoms with Gasteiger partial charge < -0.3 is 5.32 Å². The molecule has 6 nitrogen and oxygen atoms in total. The Morgan fingerprint density at radius 1 is 0.735 bits per heavy atom. The molecule has 2 heterocycles. The molecule has 1 amide bonds.